The molecule has 2 atom stereocenters. The van der Waals surface area contributed by atoms with E-state index in [9.17, 15) is 14.4 Å². The first kappa shape index (κ1) is 47.1. The highest BCUT2D eigenvalue weighted by molar-refractivity contribution is 7.99. The molecule has 0 radical (unpaired) electrons. The Labute approximate surface area is 393 Å². The first-order valence-corrected chi connectivity index (χ1v) is 24.7. The minimum absolute atomic E-state index is 0.128. The van der Waals surface area contributed by atoms with Crippen LogP contribution in [0.25, 0.3) is 5.57 Å². The van der Waals surface area contributed by atoms with Crippen LogP contribution in [0.4, 0.5) is 26.4 Å². The van der Waals surface area contributed by atoms with Gasteiger partial charge in [-0.2, -0.15) is 5.10 Å². The fourth-order valence-corrected chi connectivity index (χ4v) is 11.2. The number of rotatable bonds is 11. The Kier molecular flexibility index (Phi) is 14.1. The van der Waals surface area contributed by atoms with Gasteiger partial charge in [0.15, 0.2) is 5.69 Å². The molecule has 66 heavy (non-hydrogen) atoms. The molecule has 0 unspecified atom stereocenters. The molecule has 1 spiro atoms. The average Bonchev–Trinajstić information content (AvgIpc) is 3.54. The molecule has 3 saturated heterocycles. The van der Waals surface area contributed by atoms with Crippen LogP contribution in [0.2, 0.25) is 0 Å². The molecule has 8 rings (SSSR count). The molecule has 0 saturated carbocycles. The maximum Gasteiger partial charge on any atom is 0.407 e. The molecular formula is C48H60FN9O6SSi. The van der Waals surface area contributed by atoms with Gasteiger partial charge in [0.05, 0.1) is 48.3 Å². The number of alkyl carbamates (subject to hydrolysis) is 1. The number of halogens is 1. The van der Waals surface area contributed by atoms with Crippen molar-refractivity contribution in [2.24, 2.45) is 5.41 Å². The summed E-state index contributed by atoms with van der Waals surface area (Å²) >= 11 is 1.44. The molecule has 0 aliphatic carbocycles. The second-order valence-electron chi connectivity index (χ2n) is 19.0. The zero-order valence-corrected chi connectivity index (χ0v) is 41.5. The van der Waals surface area contributed by atoms with Gasteiger partial charge in [0.2, 0.25) is 0 Å². The lowest BCUT2D eigenvalue weighted by molar-refractivity contribution is 0.0393. The van der Waals surface area contributed by atoms with Crippen molar-refractivity contribution in [2.45, 2.75) is 99.6 Å². The number of aromatic nitrogens is 4. The van der Waals surface area contributed by atoms with Crippen LogP contribution in [0.15, 0.2) is 83.0 Å². The van der Waals surface area contributed by atoms with Gasteiger partial charge in [0, 0.05) is 77.1 Å². The van der Waals surface area contributed by atoms with E-state index in [1.807, 2.05) is 45.0 Å². The van der Waals surface area contributed by atoms with Crippen LogP contribution < -0.4 is 20.4 Å². The van der Waals surface area contributed by atoms with Crippen LogP contribution in [0.5, 0.6) is 0 Å². The van der Waals surface area contributed by atoms with E-state index in [1.54, 1.807) is 43.6 Å². The molecule has 4 aliphatic heterocycles. The van der Waals surface area contributed by atoms with Crippen molar-refractivity contribution >= 4 is 62.7 Å². The third kappa shape index (κ3) is 11.0. The van der Waals surface area contributed by atoms with E-state index < -0.39 is 29.4 Å². The number of amides is 2. The first-order valence-electron chi connectivity index (χ1n) is 22.9. The molecule has 350 valence electrons. The van der Waals surface area contributed by atoms with Gasteiger partial charge < -0.3 is 34.6 Å². The number of nitrogens with zero attached hydrogens (tertiary/aromatic N) is 7. The summed E-state index contributed by atoms with van der Waals surface area (Å²) in [7, 11) is 0.771. The van der Waals surface area contributed by atoms with E-state index in [4.69, 9.17) is 24.2 Å². The summed E-state index contributed by atoms with van der Waals surface area (Å²) in [5.41, 5.74) is 2.66. The lowest BCUT2D eigenvalue weighted by Gasteiger charge is -2.44. The van der Waals surface area contributed by atoms with Crippen LogP contribution in [0, 0.1) is 11.2 Å². The van der Waals surface area contributed by atoms with Crippen LogP contribution in [-0.2, 0) is 14.2 Å². The molecule has 2 N–H and O–H groups in total. The van der Waals surface area contributed by atoms with Gasteiger partial charge in [0.1, 0.15) is 22.3 Å². The van der Waals surface area contributed by atoms with Crippen molar-refractivity contribution in [3.05, 3.63) is 95.8 Å². The summed E-state index contributed by atoms with van der Waals surface area (Å²) in [6.07, 6.45) is 9.64. The van der Waals surface area contributed by atoms with Crippen molar-refractivity contribution in [2.75, 3.05) is 67.6 Å². The quantitative estimate of drug-likeness (QED) is 0.127. The molecule has 4 aliphatic rings. The van der Waals surface area contributed by atoms with Crippen molar-refractivity contribution in [3.63, 3.8) is 0 Å². The van der Waals surface area contributed by atoms with Crippen molar-refractivity contribution < 1.29 is 33.0 Å². The van der Waals surface area contributed by atoms with E-state index in [2.05, 4.69) is 48.5 Å². The smallest absolute Gasteiger partial charge is 0.407 e. The molecule has 2 amide bonds. The molecule has 3 fully saturated rings. The minimum Gasteiger partial charge on any atom is -0.461 e. The number of carbonyl (C=O) groups excluding carboxylic acids is 3. The predicted octanol–water partition coefficient (Wildman–Crippen LogP) is 6.34. The monoisotopic (exact) mass is 937 g/mol. The predicted molar refractivity (Wildman–Crippen MR) is 256 cm³/mol. The third-order valence-corrected chi connectivity index (χ3v) is 14.7. The number of benzene rings is 2. The van der Waals surface area contributed by atoms with Gasteiger partial charge in [-0.25, -0.2) is 23.9 Å². The van der Waals surface area contributed by atoms with E-state index in [1.165, 1.54) is 17.8 Å². The zero-order valence-electron chi connectivity index (χ0n) is 38.6. The summed E-state index contributed by atoms with van der Waals surface area (Å²) in [4.78, 5) is 55.2. The molecule has 2 aromatic carbocycles. The van der Waals surface area contributed by atoms with Crippen LogP contribution in [-0.4, -0.2) is 129 Å². The Morgan fingerprint density at radius 3 is 2.41 bits per heavy atom. The Bertz CT molecular complexity index is 2420. The lowest BCUT2D eigenvalue weighted by Crippen LogP contribution is -2.59. The highest BCUT2D eigenvalue weighted by atomic mass is 32.2. The van der Waals surface area contributed by atoms with Crippen molar-refractivity contribution in [3.8, 4) is 0 Å². The zero-order chi connectivity index (χ0) is 46.6. The average molecular weight is 938 g/mol. The van der Waals surface area contributed by atoms with E-state index in [0.29, 0.717) is 42.1 Å². The second kappa shape index (κ2) is 19.8. The van der Waals surface area contributed by atoms with Crippen molar-refractivity contribution in [1.82, 2.24) is 30.4 Å². The molecule has 18 heteroatoms. The highest BCUT2D eigenvalue weighted by Gasteiger charge is 2.55. The normalized spacial score (nSPS) is 21.4. The lowest BCUT2D eigenvalue weighted by atomic mass is 9.73. The van der Waals surface area contributed by atoms with E-state index >= 15 is 4.39 Å². The standard InChI is InChI=1S/C48H60FN9O6SSi/c1-6-62-43(60)38-12-11-37(54-55-38)31-14-20-56(21-15-31)34-16-22-57(23-17-34)39-13-10-32(26-36(39)49)42(59)52-33-8-7-9-35(27-33)65-41-29-50-40(28-51-41)58-24-18-48(19-25-58)30-63-47(5,66)44(48)53-45(61)64-46(2,3)4/h7-14,26-29,34,44H,6,15-25,30H2,1-5,66H3,(H,52,59)(H,53,61)/t44-,47-/m1/s1. The van der Waals surface area contributed by atoms with Gasteiger partial charge in [-0.05, 0) is 121 Å². The third-order valence-electron chi connectivity index (χ3n) is 13.0. The Morgan fingerprint density at radius 2 is 1.76 bits per heavy atom. The first-order chi connectivity index (χ1) is 31.6. The SMILES string of the molecule is CCOC(=O)c1ccc(C2=CCN(C3CCN(c4ccc(C(=O)Nc5cccc(Sc6cnc(N7CCC8(CC7)CO[C@](C)([SiH3])[C@H]8NC(=O)OC(C)(C)C)cn6)c5)cc4F)CC3)CC2)nn1. The summed E-state index contributed by atoms with van der Waals surface area (Å²) in [6.45, 7) is 15.0. The number of carbonyl (C=O) groups is 3. The summed E-state index contributed by atoms with van der Waals surface area (Å²) in [5, 5.41) is 14.7. The van der Waals surface area contributed by atoms with Crippen LogP contribution in [0.3, 0.4) is 0 Å². The van der Waals surface area contributed by atoms with Crippen LogP contribution >= 0.6 is 11.8 Å². The van der Waals surface area contributed by atoms with E-state index in [-0.39, 0.29) is 34.5 Å². The molecule has 6 heterocycles. The molecular weight excluding hydrogens is 878 g/mol. The number of hydrogen-bond donors (Lipinski definition) is 2. The molecule has 2 aromatic heterocycles. The van der Waals surface area contributed by atoms with E-state index in [0.717, 1.165) is 90.5 Å². The number of nitrogens with one attached hydrogen (secondary N) is 2. The molecule has 15 nitrogen and oxygen atoms in total. The minimum atomic E-state index is -0.579. The fraction of sp³-hybridized carbons (Fsp3) is 0.479. The molecule has 4 aromatic rings. The number of piperidine rings is 2. The summed E-state index contributed by atoms with van der Waals surface area (Å²) in [5.74, 6) is -0.497. The number of anilines is 3. The summed E-state index contributed by atoms with van der Waals surface area (Å²) in [6, 6.07) is 15.9. The Balaban J connectivity index is 0.799. The number of hydrogen-bond acceptors (Lipinski definition) is 14. The number of esters is 1. The summed E-state index contributed by atoms with van der Waals surface area (Å²) < 4.78 is 32.5. The largest absolute Gasteiger partial charge is 0.461 e. The maximum atomic E-state index is 15.6. The fourth-order valence-electron chi connectivity index (χ4n) is 9.53. The highest BCUT2D eigenvalue weighted by Crippen LogP contribution is 2.46. The molecule has 0 bridgehead atoms. The Hall–Kier alpha value is -5.43. The van der Waals surface area contributed by atoms with Crippen LogP contribution in [0.1, 0.15) is 93.3 Å². The Morgan fingerprint density at radius 1 is 0.970 bits per heavy atom. The van der Waals surface area contributed by atoms with Gasteiger partial charge in [-0.3, -0.25) is 9.69 Å². The maximum absolute atomic E-state index is 15.6. The van der Waals surface area contributed by atoms with Gasteiger partial charge >= 0.3 is 12.1 Å². The topological polar surface area (TPSA) is 164 Å². The van der Waals surface area contributed by atoms with Crippen molar-refractivity contribution in [1.29, 1.82) is 0 Å². The second-order valence-corrected chi connectivity index (χ2v) is 22.1. The van der Waals surface area contributed by atoms with Gasteiger partial charge in [-0.15, -0.1) is 5.10 Å². The van der Waals surface area contributed by atoms with Gasteiger partial charge in [-0.1, -0.05) is 23.9 Å². The van der Waals surface area contributed by atoms with Gasteiger partial charge in [0.25, 0.3) is 5.91 Å². The number of ether oxygens (including phenoxy) is 3.